The number of anilines is 1. The predicted octanol–water partition coefficient (Wildman–Crippen LogP) is 2.57. The maximum absolute atomic E-state index is 12.6. The molecule has 0 saturated heterocycles. The van der Waals surface area contributed by atoms with E-state index in [-0.39, 0.29) is 22.7 Å². The minimum Gasteiger partial charge on any atom is -0.507 e. The van der Waals surface area contributed by atoms with Crippen molar-refractivity contribution in [2.45, 2.75) is 11.0 Å². The van der Waals surface area contributed by atoms with Crippen molar-refractivity contribution in [2.24, 2.45) is 0 Å². The first-order valence-electron chi connectivity index (χ1n) is 9.82. The number of aliphatic hydroxyl groups excluding tert-OH is 1. The Morgan fingerprint density at radius 1 is 1.12 bits per heavy atom. The van der Waals surface area contributed by atoms with Gasteiger partial charge in [-0.15, -0.1) is 0 Å². The Labute approximate surface area is 194 Å². The Hall–Kier alpha value is -4.16. The number of carbonyl (C=O) groups excluding carboxylic acids is 1. The summed E-state index contributed by atoms with van der Waals surface area (Å²) in [6.45, 7) is -0.206. The molecule has 0 aromatic heterocycles. The van der Waals surface area contributed by atoms with E-state index in [9.17, 15) is 33.5 Å². The van der Waals surface area contributed by atoms with Crippen LogP contribution in [-0.2, 0) is 10.0 Å². The zero-order valence-corrected chi connectivity index (χ0v) is 18.7. The van der Waals surface area contributed by atoms with Gasteiger partial charge in [0.15, 0.2) is 0 Å². The molecule has 3 aromatic carbocycles. The van der Waals surface area contributed by atoms with E-state index < -0.39 is 38.4 Å². The molecule has 0 heterocycles. The smallest absolute Gasteiger partial charge is 0.270 e. The van der Waals surface area contributed by atoms with Crippen LogP contribution in [0, 0.1) is 10.1 Å². The average molecular weight is 487 g/mol. The minimum absolute atomic E-state index is 0.0558. The number of phenolic OH excluding ortho intramolecular Hbond substituents is 1. The van der Waals surface area contributed by atoms with E-state index in [1.54, 1.807) is 24.3 Å². The number of aliphatic hydroxyl groups is 1. The lowest BCUT2D eigenvalue weighted by Gasteiger charge is -2.16. The van der Waals surface area contributed by atoms with E-state index >= 15 is 0 Å². The number of sulfonamides is 1. The highest BCUT2D eigenvalue weighted by atomic mass is 32.2. The van der Waals surface area contributed by atoms with Crippen molar-refractivity contribution in [1.82, 2.24) is 5.32 Å². The van der Waals surface area contributed by atoms with E-state index in [1.165, 1.54) is 25.3 Å². The number of amides is 1. The Morgan fingerprint density at radius 3 is 2.56 bits per heavy atom. The van der Waals surface area contributed by atoms with Gasteiger partial charge in [-0.3, -0.25) is 19.6 Å². The molecular weight excluding hydrogens is 466 g/mol. The maximum Gasteiger partial charge on any atom is 0.270 e. The number of nitrogens with one attached hydrogen (secondary N) is 2. The number of nitro benzene ring substituents is 1. The number of non-ortho nitro benzene ring substituents is 1. The van der Waals surface area contributed by atoms with E-state index in [4.69, 9.17) is 4.74 Å². The van der Waals surface area contributed by atoms with E-state index in [1.807, 2.05) is 0 Å². The van der Waals surface area contributed by atoms with Crippen molar-refractivity contribution in [1.29, 1.82) is 0 Å². The number of carbonyl (C=O) groups is 1. The quantitative estimate of drug-likeness (QED) is 0.203. The van der Waals surface area contributed by atoms with Crippen molar-refractivity contribution >= 4 is 27.3 Å². The molecule has 0 radical (unpaired) electrons. The van der Waals surface area contributed by atoms with Crippen LogP contribution in [0.15, 0.2) is 71.6 Å². The van der Waals surface area contributed by atoms with Crippen LogP contribution in [0.3, 0.4) is 0 Å². The van der Waals surface area contributed by atoms with Crippen LogP contribution in [0.2, 0.25) is 0 Å². The molecule has 1 amide bonds. The first kappa shape index (κ1) is 24.5. The van der Waals surface area contributed by atoms with Gasteiger partial charge in [-0.2, -0.15) is 0 Å². The number of benzene rings is 3. The Morgan fingerprint density at radius 2 is 1.85 bits per heavy atom. The number of nitro groups is 1. The number of ether oxygens (including phenoxy) is 1. The fraction of sp³-hybridized carbons (Fsp3) is 0.136. The van der Waals surface area contributed by atoms with Gasteiger partial charge in [-0.1, -0.05) is 24.3 Å². The van der Waals surface area contributed by atoms with E-state index in [0.29, 0.717) is 11.3 Å². The van der Waals surface area contributed by atoms with Crippen molar-refractivity contribution in [2.75, 3.05) is 18.4 Å². The van der Waals surface area contributed by atoms with E-state index in [0.717, 1.165) is 24.3 Å². The van der Waals surface area contributed by atoms with Crippen molar-refractivity contribution in [3.8, 4) is 11.5 Å². The SMILES string of the molecule is COc1ccccc1[C@@H](O)CNC(=O)c1cc(NS(=O)(=O)c2cccc([N+](=O)[O-])c2)ccc1O. The number of aromatic hydroxyl groups is 1. The lowest BCUT2D eigenvalue weighted by molar-refractivity contribution is -0.385. The number of hydrogen-bond acceptors (Lipinski definition) is 8. The number of para-hydroxylation sites is 1. The number of phenols is 1. The molecule has 4 N–H and O–H groups in total. The minimum atomic E-state index is -4.22. The van der Waals surface area contributed by atoms with Gasteiger partial charge in [-0.25, -0.2) is 8.42 Å². The second kappa shape index (κ2) is 10.2. The second-order valence-corrected chi connectivity index (χ2v) is 8.74. The van der Waals surface area contributed by atoms with Crippen LogP contribution in [0.4, 0.5) is 11.4 Å². The summed E-state index contributed by atoms with van der Waals surface area (Å²) >= 11 is 0. The summed E-state index contributed by atoms with van der Waals surface area (Å²) in [6.07, 6.45) is -1.10. The molecule has 3 aromatic rings. The van der Waals surface area contributed by atoms with Gasteiger partial charge < -0.3 is 20.3 Å². The highest BCUT2D eigenvalue weighted by Crippen LogP contribution is 2.26. The summed E-state index contributed by atoms with van der Waals surface area (Å²) in [4.78, 5) is 22.5. The van der Waals surface area contributed by atoms with Gasteiger partial charge in [0.2, 0.25) is 0 Å². The largest absolute Gasteiger partial charge is 0.507 e. The molecule has 0 bridgehead atoms. The molecule has 0 fully saturated rings. The summed E-state index contributed by atoms with van der Waals surface area (Å²) < 4.78 is 32.7. The molecule has 1 atom stereocenters. The highest BCUT2D eigenvalue weighted by Gasteiger charge is 2.20. The monoisotopic (exact) mass is 487 g/mol. The van der Waals surface area contributed by atoms with Gasteiger partial charge >= 0.3 is 0 Å². The molecular formula is C22H21N3O8S. The summed E-state index contributed by atoms with van der Waals surface area (Å²) in [5.41, 5.74) is -0.249. The summed E-state index contributed by atoms with van der Waals surface area (Å²) in [7, 11) is -2.77. The summed E-state index contributed by atoms with van der Waals surface area (Å²) in [6, 6.07) is 14.6. The standard InChI is InChI=1S/C22H21N3O8S/c1-33-21-8-3-2-7-17(21)20(27)13-23-22(28)18-11-14(9-10-19(18)26)24-34(31,32)16-6-4-5-15(12-16)25(29)30/h2-12,20,24,26-27H,13H2,1H3,(H,23,28)/t20-/m0/s1. The first-order valence-corrected chi connectivity index (χ1v) is 11.3. The first-order chi connectivity index (χ1) is 16.1. The molecule has 11 nitrogen and oxygen atoms in total. The molecule has 178 valence electrons. The zero-order chi connectivity index (χ0) is 24.9. The fourth-order valence-corrected chi connectivity index (χ4v) is 4.18. The molecule has 34 heavy (non-hydrogen) atoms. The highest BCUT2D eigenvalue weighted by molar-refractivity contribution is 7.92. The number of rotatable bonds is 9. The van der Waals surface area contributed by atoms with Gasteiger partial charge in [0, 0.05) is 29.9 Å². The second-order valence-electron chi connectivity index (χ2n) is 7.06. The van der Waals surface area contributed by atoms with Crippen LogP contribution in [-0.4, -0.2) is 43.1 Å². The lowest BCUT2D eigenvalue weighted by Crippen LogP contribution is -2.28. The van der Waals surface area contributed by atoms with E-state index in [2.05, 4.69) is 10.0 Å². The van der Waals surface area contributed by atoms with Gasteiger partial charge in [0.1, 0.15) is 11.5 Å². The third-order valence-corrected chi connectivity index (χ3v) is 6.16. The van der Waals surface area contributed by atoms with Crippen LogP contribution >= 0.6 is 0 Å². The van der Waals surface area contributed by atoms with Gasteiger partial charge in [-0.05, 0) is 30.3 Å². The van der Waals surface area contributed by atoms with Crippen LogP contribution in [0.1, 0.15) is 22.0 Å². The number of nitrogens with zero attached hydrogens (tertiary/aromatic N) is 1. The zero-order valence-electron chi connectivity index (χ0n) is 17.8. The van der Waals surface area contributed by atoms with Crippen LogP contribution in [0.5, 0.6) is 11.5 Å². The fourth-order valence-electron chi connectivity index (χ4n) is 3.10. The van der Waals surface area contributed by atoms with Gasteiger partial charge in [0.05, 0.1) is 28.6 Å². The normalized spacial score (nSPS) is 11.9. The molecule has 0 spiro atoms. The maximum atomic E-state index is 12.6. The Bertz CT molecular complexity index is 1330. The molecule has 0 unspecified atom stereocenters. The summed E-state index contributed by atoms with van der Waals surface area (Å²) in [5.74, 6) is -0.741. The molecule has 0 aliphatic carbocycles. The number of methoxy groups -OCH3 is 1. The van der Waals surface area contributed by atoms with Crippen molar-refractivity contribution in [3.05, 3.63) is 88.0 Å². The molecule has 12 heteroatoms. The third kappa shape index (κ3) is 5.60. The number of hydrogen-bond donors (Lipinski definition) is 4. The molecule has 0 aliphatic heterocycles. The third-order valence-electron chi connectivity index (χ3n) is 4.79. The van der Waals surface area contributed by atoms with Gasteiger partial charge in [0.25, 0.3) is 21.6 Å². The summed E-state index contributed by atoms with van der Waals surface area (Å²) in [5, 5.41) is 33.9. The Balaban J connectivity index is 1.76. The van der Waals surface area contributed by atoms with Crippen molar-refractivity contribution in [3.63, 3.8) is 0 Å². The molecule has 0 aliphatic rings. The van der Waals surface area contributed by atoms with Crippen molar-refractivity contribution < 1.29 is 33.1 Å². The average Bonchev–Trinajstić information content (AvgIpc) is 2.83. The molecule has 0 saturated carbocycles. The topological polar surface area (TPSA) is 168 Å². The van der Waals surface area contributed by atoms with Crippen LogP contribution < -0.4 is 14.8 Å². The lowest BCUT2D eigenvalue weighted by atomic mass is 10.1. The van der Waals surface area contributed by atoms with Crippen LogP contribution in [0.25, 0.3) is 0 Å². The Kier molecular flexibility index (Phi) is 7.34. The molecule has 3 rings (SSSR count). The predicted molar refractivity (Wildman–Crippen MR) is 122 cm³/mol.